The molecule has 28 heavy (non-hydrogen) atoms. The molecule has 0 fully saturated rings. The summed E-state index contributed by atoms with van der Waals surface area (Å²) in [5.41, 5.74) is 1.55. The molecule has 0 aliphatic heterocycles. The zero-order valence-corrected chi connectivity index (χ0v) is 15.7. The van der Waals surface area contributed by atoms with Crippen LogP contribution in [0.4, 0.5) is 18.9 Å². The summed E-state index contributed by atoms with van der Waals surface area (Å²) in [6.07, 6.45) is -4.82. The molecule has 0 aliphatic carbocycles. The summed E-state index contributed by atoms with van der Waals surface area (Å²) in [5, 5.41) is 4.87. The number of ether oxygens (including phenoxy) is 1. The van der Waals surface area contributed by atoms with Gasteiger partial charge in [-0.3, -0.25) is 9.59 Å². The summed E-state index contributed by atoms with van der Waals surface area (Å²) in [6.45, 7) is 5.84. The molecule has 2 aromatic rings. The molecule has 0 heterocycles. The number of nitrogens with one attached hydrogen (secondary N) is 2. The van der Waals surface area contributed by atoms with Crippen LogP contribution in [-0.4, -0.2) is 24.7 Å². The molecule has 2 N–H and O–H groups in total. The fourth-order valence-corrected chi connectivity index (χ4v) is 2.36. The van der Waals surface area contributed by atoms with Crippen LogP contribution in [0, 0.1) is 0 Å². The van der Waals surface area contributed by atoms with Crippen molar-refractivity contribution in [1.82, 2.24) is 5.32 Å². The standard InChI is InChI=1S/C20H21F3N2O3/c1-19(2,3)14-9-7-13(8-10-14)18(27)24-12-17(26)25-15-5-4-6-16(11-15)28-20(21,22)23/h4-11H,12H2,1-3H3,(H,24,27)(H,25,26). The zero-order chi connectivity index (χ0) is 20.9. The molecule has 0 atom stereocenters. The average molecular weight is 394 g/mol. The van der Waals surface area contributed by atoms with Gasteiger partial charge in [0, 0.05) is 17.3 Å². The first-order valence-corrected chi connectivity index (χ1v) is 8.48. The van der Waals surface area contributed by atoms with Gasteiger partial charge in [-0.15, -0.1) is 13.2 Å². The van der Waals surface area contributed by atoms with E-state index in [1.165, 1.54) is 12.1 Å². The van der Waals surface area contributed by atoms with Gasteiger partial charge in [-0.25, -0.2) is 0 Å². The van der Waals surface area contributed by atoms with Crippen molar-refractivity contribution in [3.63, 3.8) is 0 Å². The monoisotopic (exact) mass is 394 g/mol. The van der Waals surface area contributed by atoms with E-state index >= 15 is 0 Å². The number of hydrogen-bond acceptors (Lipinski definition) is 3. The van der Waals surface area contributed by atoms with Gasteiger partial charge in [0.2, 0.25) is 5.91 Å². The quantitative estimate of drug-likeness (QED) is 0.797. The molecule has 8 heteroatoms. The van der Waals surface area contributed by atoms with Gasteiger partial charge in [-0.05, 0) is 35.2 Å². The highest BCUT2D eigenvalue weighted by Crippen LogP contribution is 2.25. The Labute approximate surface area is 160 Å². The fourth-order valence-electron chi connectivity index (χ4n) is 2.36. The lowest BCUT2D eigenvalue weighted by Gasteiger charge is -2.19. The third-order valence-corrected chi connectivity index (χ3v) is 3.77. The van der Waals surface area contributed by atoms with Crippen LogP contribution in [0.1, 0.15) is 36.7 Å². The number of amides is 2. The Hall–Kier alpha value is -3.03. The van der Waals surface area contributed by atoms with Gasteiger partial charge in [0.05, 0.1) is 6.54 Å². The number of halogens is 3. The van der Waals surface area contributed by atoms with Gasteiger partial charge in [0.1, 0.15) is 5.75 Å². The fraction of sp³-hybridized carbons (Fsp3) is 0.300. The number of carbonyl (C=O) groups is 2. The van der Waals surface area contributed by atoms with E-state index in [9.17, 15) is 22.8 Å². The summed E-state index contributed by atoms with van der Waals surface area (Å²) in [7, 11) is 0. The SMILES string of the molecule is CC(C)(C)c1ccc(C(=O)NCC(=O)Nc2cccc(OC(F)(F)F)c2)cc1. The first-order chi connectivity index (χ1) is 12.9. The van der Waals surface area contributed by atoms with Crippen LogP contribution < -0.4 is 15.4 Å². The largest absolute Gasteiger partial charge is 0.573 e. The molecule has 0 radical (unpaired) electrons. The van der Waals surface area contributed by atoms with Gasteiger partial charge >= 0.3 is 6.36 Å². The molecule has 0 saturated heterocycles. The van der Waals surface area contributed by atoms with Gasteiger partial charge in [0.15, 0.2) is 0 Å². The molecule has 0 unspecified atom stereocenters. The van der Waals surface area contributed by atoms with E-state index < -0.39 is 23.9 Å². The molecule has 2 aromatic carbocycles. The second kappa shape index (κ2) is 8.33. The van der Waals surface area contributed by atoms with E-state index in [2.05, 4.69) is 36.1 Å². The molecule has 150 valence electrons. The smallest absolute Gasteiger partial charge is 0.406 e. The van der Waals surface area contributed by atoms with Crippen LogP contribution >= 0.6 is 0 Å². The Kier molecular flexibility index (Phi) is 6.33. The lowest BCUT2D eigenvalue weighted by molar-refractivity contribution is -0.274. The van der Waals surface area contributed by atoms with E-state index in [1.807, 2.05) is 12.1 Å². The number of anilines is 1. The normalized spacial score (nSPS) is 11.6. The van der Waals surface area contributed by atoms with Crippen LogP contribution in [0.3, 0.4) is 0 Å². The molecular formula is C20H21F3N2O3. The summed E-state index contributed by atoms with van der Waals surface area (Å²) < 4.78 is 40.5. The molecule has 0 aliphatic rings. The third kappa shape index (κ3) is 6.61. The Bertz CT molecular complexity index is 841. The van der Waals surface area contributed by atoms with Crippen molar-refractivity contribution in [2.45, 2.75) is 32.5 Å². The predicted octanol–water partition coefficient (Wildman–Crippen LogP) is 4.25. The maximum absolute atomic E-state index is 12.2. The molecule has 0 saturated carbocycles. The van der Waals surface area contributed by atoms with E-state index in [-0.39, 0.29) is 17.6 Å². The lowest BCUT2D eigenvalue weighted by atomic mass is 9.87. The van der Waals surface area contributed by atoms with Crippen LogP contribution in [0.15, 0.2) is 48.5 Å². The van der Waals surface area contributed by atoms with Crippen LogP contribution in [0.5, 0.6) is 5.75 Å². The molecule has 2 amide bonds. The van der Waals surface area contributed by atoms with Crippen LogP contribution in [-0.2, 0) is 10.2 Å². The number of benzene rings is 2. The third-order valence-electron chi connectivity index (χ3n) is 3.77. The Balaban J connectivity index is 1.90. The van der Waals surface area contributed by atoms with Crippen LogP contribution in [0.2, 0.25) is 0 Å². The van der Waals surface area contributed by atoms with Crippen molar-refractivity contribution < 1.29 is 27.5 Å². The highest BCUT2D eigenvalue weighted by atomic mass is 19.4. The Morgan fingerprint density at radius 1 is 1.00 bits per heavy atom. The topological polar surface area (TPSA) is 67.4 Å². The second-order valence-electron chi connectivity index (χ2n) is 7.13. The van der Waals surface area contributed by atoms with Crippen molar-refractivity contribution in [1.29, 1.82) is 0 Å². The predicted molar refractivity (Wildman–Crippen MR) is 99.2 cm³/mol. The van der Waals surface area contributed by atoms with E-state index in [0.29, 0.717) is 5.56 Å². The van der Waals surface area contributed by atoms with Crippen molar-refractivity contribution in [2.75, 3.05) is 11.9 Å². The van der Waals surface area contributed by atoms with Crippen molar-refractivity contribution in [3.05, 3.63) is 59.7 Å². The zero-order valence-electron chi connectivity index (χ0n) is 15.7. The highest BCUT2D eigenvalue weighted by Gasteiger charge is 2.31. The van der Waals surface area contributed by atoms with Crippen molar-refractivity contribution in [3.8, 4) is 5.75 Å². The van der Waals surface area contributed by atoms with Crippen LogP contribution in [0.25, 0.3) is 0 Å². The molecule has 0 aromatic heterocycles. The summed E-state index contributed by atoms with van der Waals surface area (Å²) in [4.78, 5) is 24.1. The lowest BCUT2D eigenvalue weighted by Crippen LogP contribution is -2.32. The summed E-state index contributed by atoms with van der Waals surface area (Å²) in [6, 6.07) is 11.9. The summed E-state index contributed by atoms with van der Waals surface area (Å²) in [5.74, 6) is -1.46. The highest BCUT2D eigenvalue weighted by molar-refractivity contribution is 5.99. The first-order valence-electron chi connectivity index (χ1n) is 8.48. The average Bonchev–Trinajstić information content (AvgIpc) is 2.58. The van der Waals surface area contributed by atoms with Crippen molar-refractivity contribution >= 4 is 17.5 Å². The minimum atomic E-state index is -4.82. The Morgan fingerprint density at radius 2 is 1.64 bits per heavy atom. The number of hydrogen-bond donors (Lipinski definition) is 2. The van der Waals surface area contributed by atoms with Gasteiger partial charge < -0.3 is 15.4 Å². The van der Waals surface area contributed by atoms with Gasteiger partial charge in [-0.1, -0.05) is 39.0 Å². The van der Waals surface area contributed by atoms with Gasteiger partial charge in [-0.2, -0.15) is 0 Å². The van der Waals surface area contributed by atoms with E-state index in [0.717, 1.165) is 17.7 Å². The number of alkyl halides is 3. The maximum Gasteiger partial charge on any atom is 0.573 e. The van der Waals surface area contributed by atoms with E-state index in [4.69, 9.17) is 0 Å². The molecule has 2 rings (SSSR count). The first kappa shape index (κ1) is 21.3. The second-order valence-corrected chi connectivity index (χ2v) is 7.13. The summed E-state index contributed by atoms with van der Waals surface area (Å²) >= 11 is 0. The van der Waals surface area contributed by atoms with Crippen molar-refractivity contribution in [2.24, 2.45) is 0 Å². The minimum Gasteiger partial charge on any atom is -0.406 e. The molecule has 5 nitrogen and oxygen atoms in total. The van der Waals surface area contributed by atoms with Gasteiger partial charge in [0.25, 0.3) is 5.91 Å². The number of rotatable bonds is 5. The van der Waals surface area contributed by atoms with E-state index in [1.54, 1.807) is 12.1 Å². The molecule has 0 bridgehead atoms. The molecular weight excluding hydrogens is 373 g/mol. The number of carbonyl (C=O) groups excluding carboxylic acids is 2. The Morgan fingerprint density at radius 3 is 2.21 bits per heavy atom. The molecule has 0 spiro atoms. The maximum atomic E-state index is 12.2. The minimum absolute atomic E-state index is 0.0424.